The maximum Gasteiger partial charge on any atom is 0.323 e. The van der Waals surface area contributed by atoms with Gasteiger partial charge < -0.3 is 10.6 Å². The Morgan fingerprint density at radius 3 is 2.62 bits per heavy atom. The summed E-state index contributed by atoms with van der Waals surface area (Å²) < 4.78 is 0. The first-order valence-electron chi connectivity index (χ1n) is 4.54. The highest BCUT2D eigenvalue weighted by Gasteiger charge is 2.20. The van der Waals surface area contributed by atoms with E-state index in [9.17, 15) is 4.79 Å². The number of urea groups is 1. The second-order valence-electron chi connectivity index (χ2n) is 3.41. The van der Waals surface area contributed by atoms with Crippen molar-refractivity contribution in [3.05, 3.63) is 23.5 Å². The molecule has 0 radical (unpaired) electrons. The summed E-state index contributed by atoms with van der Waals surface area (Å²) in [5.74, 6) is 0.378. The second kappa shape index (κ2) is 3.64. The Hall–Kier alpha value is -1.25. The van der Waals surface area contributed by atoms with Crippen molar-refractivity contribution in [1.82, 2.24) is 10.6 Å². The molecule has 1 aliphatic rings. The highest BCUT2D eigenvalue weighted by molar-refractivity contribution is 5.81. The van der Waals surface area contributed by atoms with Gasteiger partial charge in [-0.3, -0.25) is 0 Å². The van der Waals surface area contributed by atoms with Crippen molar-refractivity contribution in [2.24, 2.45) is 5.92 Å². The molecule has 0 spiro atoms. The zero-order valence-electron chi connectivity index (χ0n) is 8.40. The largest absolute Gasteiger partial charge is 0.323 e. The summed E-state index contributed by atoms with van der Waals surface area (Å²) in [5, 5.41) is 5.45. The monoisotopic (exact) mass is 180 g/mol. The van der Waals surface area contributed by atoms with Crippen LogP contribution >= 0.6 is 0 Å². The van der Waals surface area contributed by atoms with Gasteiger partial charge in [-0.15, -0.1) is 0 Å². The summed E-state index contributed by atoms with van der Waals surface area (Å²) in [6.07, 6.45) is 1.01. The van der Waals surface area contributed by atoms with Gasteiger partial charge in [0.15, 0.2) is 0 Å². The van der Waals surface area contributed by atoms with Crippen LogP contribution in [0, 0.1) is 5.92 Å². The summed E-state index contributed by atoms with van der Waals surface area (Å²) in [6.45, 7) is 9.95. The van der Waals surface area contributed by atoms with E-state index in [1.807, 2.05) is 6.92 Å². The Morgan fingerprint density at radius 2 is 2.08 bits per heavy atom. The molecule has 0 aromatic rings. The minimum absolute atomic E-state index is 0.175. The smallest absolute Gasteiger partial charge is 0.311 e. The predicted molar refractivity (Wildman–Crippen MR) is 53.0 cm³/mol. The molecule has 3 heteroatoms. The molecular formula is C10H16N2O. The minimum atomic E-state index is -0.175. The molecule has 13 heavy (non-hydrogen) atoms. The third kappa shape index (κ3) is 1.91. The van der Waals surface area contributed by atoms with Gasteiger partial charge in [-0.25, -0.2) is 4.79 Å². The lowest BCUT2D eigenvalue weighted by molar-refractivity contribution is 0.243. The summed E-state index contributed by atoms with van der Waals surface area (Å²) in [7, 11) is 0. The zero-order chi connectivity index (χ0) is 10.0. The molecule has 1 atom stereocenters. The van der Waals surface area contributed by atoms with Gasteiger partial charge in [-0.2, -0.15) is 0 Å². The van der Waals surface area contributed by atoms with Gasteiger partial charge in [0.2, 0.25) is 0 Å². The van der Waals surface area contributed by atoms with E-state index in [0.29, 0.717) is 11.6 Å². The van der Waals surface area contributed by atoms with Crippen molar-refractivity contribution in [2.45, 2.75) is 27.2 Å². The molecule has 0 saturated heterocycles. The number of carbonyl (C=O) groups excluding carboxylic acids is 1. The first kappa shape index (κ1) is 9.84. The van der Waals surface area contributed by atoms with E-state index in [1.54, 1.807) is 0 Å². The molecule has 1 aliphatic heterocycles. The van der Waals surface area contributed by atoms with Gasteiger partial charge in [0, 0.05) is 11.4 Å². The molecule has 0 bridgehead atoms. The first-order chi connectivity index (χ1) is 6.06. The third-order valence-corrected chi connectivity index (χ3v) is 2.47. The van der Waals surface area contributed by atoms with E-state index >= 15 is 0 Å². The quantitative estimate of drug-likeness (QED) is 0.671. The number of allylic oxidation sites excluding steroid dienone is 2. The van der Waals surface area contributed by atoms with Crippen LogP contribution in [0.5, 0.6) is 0 Å². The fraction of sp³-hybridized carbons (Fsp3) is 0.500. The van der Waals surface area contributed by atoms with Crippen molar-refractivity contribution in [1.29, 1.82) is 0 Å². The van der Waals surface area contributed by atoms with E-state index in [-0.39, 0.29) is 6.03 Å². The fourth-order valence-electron chi connectivity index (χ4n) is 1.34. The molecule has 1 rings (SSSR count). The van der Waals surface area contributed by atoms with Gasteiger partial charge in [0.1, 0.15) is 0 Å². The average molecular weight is 180 g/mol. The number of hydrogen-bond donors (Lipinski definition) is 2. The maximum absolute atomic E-state index is 11.1. The zero-order valence-corrected chi connectivity index (χ0v) is 8.40. The lowest BCUT2D eigenvalue weighted by Gasteiger charge is -2.25. The van der Waals surface area contributed by atoms with Gasteiger partial charge in [-0.05, 0) is 24.8 Å². The van der Waals surface area contributed by atoms with E-state index in [4.69, 9.17) is 0 Å². The fourth-order valence-corrected chi connectivity index (χ4v) is 1.34. The molecule has 2 amide bonds. The number of carbonyl (C=O) groups is 1. The Morgan fingerprint density at radius 1 is 1.46 bits per heavy atom. The number of amides is 2. The molecule has 0 aromatic heterocycles. The van der Waals surface area contributed by atoms with Crippen LogP contribution in [0.1, 0.15) is 27.2 Å². The van der Waals surface area contributed by atoms with Crippen molar-refractivity contribution < 1.29 is 4.79 Å². The third-order valence-electron chi connectivity index (χ3n) is 2.47. The van der Waals surface area contributed by atoms with Crippen molar-refractivity contribution in [2.75, 3.05) is 0 Å². The highest BCUT2D eigenvalue weighted by Crippen LogP contribution is 2.21. The molecule has 1 unspecified atom stereocenters. The number of hydrogen-bond acceptors (Lipinski definition) is 1. The standard InChI is InChI=1S/C10H16N2O/c1-5-6(2)9-7(3)8(4)11-10(13)12-9/h6H,4-5H2,1-3H3,(H2,11,12,13). The Labute approximate surface area is 78.9 Å². The summed E-state index contributed by atoms with van der Waals surface area (Å²) in [4.78, 5) is 11.1. The Kier molecular flexibility index (Phi) is 2.76. The van der Waals surface area contributed by atoms with Crippen molar-refractivity contribution in [3.63, 3.8) is 0 Å². The van der Waals surface area contributed by atoms with Crippen molar-refractivity contribution >= 4 is 6.03 Å². The van der Waals surface area contributed by atoms with Crippen LogP contribution in [0.4, 0.5) is 4.79 Å². The van der Waals surface area contributed by atoms with E-state index in [0.717, 1.165) is 17.7 Å². The summed E-state index contributed by atoms with van der Waals surface area (Å²) in [6, 6.07) is -0.175. The Balaban J connectivity index is 2.97. The van der Waals surface area contributed by atoms with Gasteiger partial charge in [0.05, 0.1) is 0 Å². The molecule has 0 aromatic carbocycles. The van der Waals surface area contributed by atoms with E-state index < -0.39 is 0 Å². The first-order valence-corrected chi connectivity index (χ1v) is 4.54. The summed E-state index contributed by atoms with van der Waals surface area (Å²) >= 11 is 0. The van der Waals surface area contributed by atoms with Crippen LogP contribution in [-0.4, -0.2) is 6.03 Å². The molecule has 0 saturated carbocycles. The SMILES string of the molecule is C=C1NC(=O)NC(C(C)CC)=C1C. The lowest BCUT2D eigenvalue weighted by atomic mass is 9.98. The van der Waals surface area contributed by atoms with E-state index in [2.05, 4.69) is 31.1 Å². The van der Waals surface area contributed by atoms with Crippen LogP contribution < -0.4 is 10.6 Å². The highest BCUT2D eigenvalue weighted by atomic mass is 16.2. The Bertz CT molecular complexity index is 279. The molecule has 1 heterocycles. The predicted octanol–water partition coefficient (Wildman–Crippen LogP) is 2.13. The van der Waals surface area contributed by atoms with Crippen molar-refractivity contribution in [3.8, 4) is 0 Å². The van der Waals surface area contributed by atoms with Gasteiger partial charge in [-0.1, -0.05) is 20.4 Å². The van der Waals surface area contributed by atoms with Gasteiger partial charge >= 0.3 is 6.03 Å². The molecule has 0 aliphatic carbocycles. The van der Waals surface area contributed by atoms with Crippen LogP contribution in [-0.2, 0) is 0 Å². The maximum atomic E-state index is 11.1. The average Bonchev–Trinajstić information content (AvgIpc) is 2.10. The lowest BCUT2D eigenvalue weighted by Crippen LogP contribution is -2.41. The van der Waals surface area contributed by atoms with Crippen LogP contribution in [0.15, 0.2) is 23.5 Å². The van der Waals surface area contributed by atoms with Crippen LogP contribution in [0.25, 0.3) is 0 Å². The van der Waals surface area contributed by atoms with Crippen LogP contribution in [0.3, 0.4) is 0 Å². The molecular weight excluding hydrogens is 164 g/mol. The van der Waals surface area contributed by atoms with Gasteiger partial charge in [0.25, 0.3) is 0 Å². The number of nitrogens with one attached hydrogen (secondary N) is 2. The topological polar surface area (TPSA) is 41.1 Å². The number of rotatable bonds is 2. The molecule has 72 valence electrons. The molecule has 0 fully saturated rings. The minimum Gasteiger partial charge on any atom is -0.311 e. The second-order valence-corrected chi connectivity index (χ2v) is 3.41. The normalized spacial score (nSPS) is 19.6. The molecule has 2 N–H and O–H groups in total. The molecule has 3 nitrogen and oxygen atoms in total. The summed E-state index contributed by atoms with van der Waals surface area (Å²) in [5.41, 5.74) is 2.75. The van der Waals surface area contributed by atoms with Crippen LogP contribution in [0.2, 0.25) is 0 Å². The van der Waals surface area contributed by atoms with E-state index in [1.165, 1.54) is 0 Å².